The number of nitrogen functional groups attached to an aromatic ring is 1. The number of nitrogens with two attached hydrogens (primary N) is 1. The summed E-state index contributed by atoms with van der Waals surface area (Å²) >= 11 is 0. The van der Waals surface area contributed by atoms with Crippen LogP contribution >= 0.6 is 0 Å². The Balaban J connectivity index is 2.14. The molecule has 0 atom stereocenters. The Morgan fingerprint density at radius 2 is 1.82 bits per heavy atom. The number of aromatic nitrogens is 2. The molecule has 0 bridgehead atoms. The molecule has 0 unspecified atom stereocenters. The van der Waals surface area contributed by atoms with Crippen LogP contribution in [0, 0.1) is 0 Å². The average molecular weight is 229 g/mol. The molecule has 0 aliphatic carbocycles. The highest BCUT2D eigenvalue weighted by Crippen LogP contribution is 2.22. The van der Waals surface area contributed by atoms with E-state index in [2.05, 4.69) is 23.8 Å². The lowest BCUT2D eigenvalue weighted by Crippen LogP contribution is -1.95. The standard InChI is InChI=1S/C13H15N3O/c1-9(2)10-3-5-11(6-4-10)17-13-8-15-7-12(14)16-13/h3-9H,1-2H3,(H2,14,16). The predicted octanol–water partition coefficient (Wildman–Crippen LogP) is 2.97. The summed E-state index contributed by atoms with van der Waals surface area (Å²) in [6.07, 6.45) is 3.02. The van der Waals surface area contributed by atoms with E-state index in [1.54, 1.807) is 0 Å². The zero-order valence-electron chi connectivity index (χ0n) is 9.92. The summed E-state index contributed by atoms with van der Waals surface area (Å²) < 4.78 is 5.54. The molecule has 2 rings (SSSR count). The minimum atomic E-state index is 0.348. The highest BCUT2D eigenvalue weighted by atomic mass is 16.5. The SMILES string of the molecule is CC(C)c1ccc(Oc2cncc(N)n2)cc1. The third-order valence-corrected chi connectivity index (χ3v) is 2.40. The van der Waals surface area contributed by atoms with Crippen molar-refractivity contribution in [2.75, 3.05) is 5.73 Å². The number of nitrogens with zero attached hydrogens (tertiary/aromatic N) is 2. The molecule has 0 saturated carbocycles. The van der Waals surface area contributed by atoms with Gasteiger partial charge in [-0.1, -0.05) is 26.0 Å². The third kappa shape index (κ3) is 2.93. The monoisotopic (exact) mass is 229 g/mol. The van der Waals surface area contributed by atoms with Gasteiger partial charge in [-0.2, -0.15) is 4.98 Å². The van der Waals surface area contributed by atoms with Crippen LogP contribution in [-0.2, 0) is 0 Å². The summed E-state index contributed by atoms with van der Waals surface area (Å²) in [6, 6.07) is 7.92. The first-order valence-corrected chi connectivity index (χ1v) is 5.50. The summed E-state index contributed by atoms with van der Waals surface area (Å²) in [6.45, 7) is 4.30. The van der Waals surface area contributed by atoms with Gasteiger partial charge in [0.15, 0.2) is 0 Å². The van der Waals surface area contributed by atoms with Crippen LogP contribution in [0.25, 0.3) is 0 Å². The lowest BCUT2D eigenvalue weighted by atomic mass is 10.0. The van der Waals surface area contributed by atoms with Crippen LogP contribution in [-0.4, -0.2) is 9.97 Å². The van der Waals surface area contributed by atoms with E-state index in [0.29, 0.717) is 17.6 Å². The van der Waals surface area contributed by atoms with Gasteiger partial charge in [-0.05, 0) is 23.6 Å². The fourth-order valence-electron chi connectivity index (χ4n) is 1.45. The van der Waals surface area contributed by atoms with Crippen molar-refractivity contribution in [1.29, 1.82) is 0 Å². The molecule has 1 aromatic heterocycles. The van der Waals surface area contributed by atoms with E-state index >= 15 is 0 Å². The number of hydrogen-bond acceptors (Lipinski definition) is 4. The summed E-state index contributed by atoms with van der Waals surface area (Å²) in [5.41, 5.74) is 6.80. The van der Waals surface area contributed by atoms with Gasteiger partial charge in [0, 0.05) is 0 Å². The molecular weight excluding hydrogens is 214 g/mol. The molecule has 0 aliphatic rings. The molecule has 4 heteroatoms. The maximum Gasteiger partial charge on any atom is 0.239 e. The fraction of sp³-hybridized carbons (Fsp3) is 0.231. The van der Waals surface area contributed by atoms with Crippen molar-refractivity contribution in [3.05, 3.63) is 42.2 Å². The van der Waals surface area contributed by atoms with Crippen molar-refractivity contribution in [1.82, 2.24) is 9.97 Å². The summed E-state index contributed by atoms with van der Waals surface area (Å²) in [5, 5.41) is 0. The first kappa shape index (κ1) is 11.4. The highest BCUT2D eigenvalue weighted by molar-refractivity contribution is 5.33. The zero-order chi connectivity index (χ0) is 12.3. The Labute approximate surface area is 100 Å². The van der Waals surface area contributed by atoms with Gasteiger partial charge in [-0.3, -0.25) is 4.98 Å². The number of hydrogen-bond donors (Lipinski definition) is 1. The van der Waals surface area contributed by atoms with Crippen LogP contribution in [0.4, 0.5) is 5.82 Å². The van der Waals surface area contributed by atoms with Gasteiger partial charge in [0.2, 0.25) is 5.88 Å². The second-order valence-corrected chi connectivity index (χ2v) is 4.11. The van der Waals surface area contributed by atoms with Crippen molar-refractivity contribution < 1.29 is 4.74 Å². The van der Waals surface area contributed by atoms with Gasteiger partial charge < -0.3 is 10.5 Å². The maximum atomic E-state index is 5.54. The molecule has 0 radical (unpaired) electrons. The van der Waals surface area contributed by atoms with E-state index in [4.69, 9.17) is 10.5 Å². The Kier molecular flexibility index (Phi) is 3.23. The van der Waals surface area contributed by atoms with Crippen molar-refractivity contribution in [2.45, 2.75) is 19.8 Å². The molecule has 4 nitrogen and oxygen atoms in total. The minimum absolute atomic E-state index is 0.348. The van der Waals surface area contributed by atoms with Crippen molar-refractivity contribution >= 4 is 5.82 Å². The molecule has 1 heterocycles. The number of anilines is 1. The van der Waals surface area contributed by atoms with Gasteiger partial charge in [-0.25, -0.2) is 0 Å². The first-order chi connectivity index (χ1) is 8.15. The predicted molar refractivity (Wildman–Crippen MR) is 67.0 cm³/mol. The van der Waals surface area contributed by atoms with E-state index in [-0.39, 0.29) is 0 Å². The Hall–Kier alpha value is -2.10. The van der Waals surface area contributed by atoms with E-state index in [1.165, 1.54) is 18.0 Å². The normalized spacial score (nSPS) is 10.5. The molecular formula is C13H15N3O. The van der Waals surface area contributed by atoms with Gasteiger partial charge in [-0.15, -0.1) is 0 Å². The zero-order valence-corrected chi connectivity index (χ0v) is 9.92. The van der Waals surface area contributed by atoms with Crippen LogP contribution in [0.5, 0.6) is 11.6 Å². The average Bonchev–Trinajstić information content (AvgIpc) is 2.29. The lowest BCUT2D eigenvalue weighted by Gasteiger charge is -2.07. The molecule has 0 aliphatic heterocycles. The summed E-state index contributed by atoms with van der Waals surface area (Å²) in [7, 11) is 0. The first-order valence-electron chi connectivity index (χ1n) is 5.50. The maximum absolute atomic E-state index is 5.54. The van der Waals surface area contributed by atoms with E-state index in [0.717, 1.165) is 5.75 Å². The van der Waals surface area contributed by atoms with Crippen molar-refractivity contribution in [2.24, 2.45) is 0 Å². The van der Waals surface area contributed by atoms with Crippen molar-refractivity contribution in [3.8, 4) is 11.6 Å². The molecule has 88 valence electrons. The number of ether oxygens (including phenoxy) is 1. The highest BCUT2D eigenvalue weighted by Gasteiger charge is 2.02. The molecule has 17 heavy (non-hydrogen) atoms. The van der Waals surface area contributed by atoms with Crippen LogP contribution in [0.2, 0.25) is 0 Å². The second kappa shape index (κ2) is 4.82. The molecule has 0 amide bonds. The summed E-state index contributed by atoms with van der Waals surface area (Å²) in [5.74, 6) is 1.99. The topological polar surface area (TPSA) is 61.0 Å². The van der Waals surface area contributed by atoms with E-state index < -0.39 is 0 Å². The van der Waals surface area contributed by atoms with E-state index in [9.17, 15) is 0 Å². The number of benzene rings is 1. The van der Waals surface area contributed by atoms with Crippen LogP contribution in [0.15, 0.2) is 36.7 Å². The van der Waals surface area contributed by atoms with Gasteiger partial charge >= 0.3 is 0 Å². The molecule has 0 saturated heterocycles. The second-order valence-electron chi connectivity index (χ2n) is 4.11. The lowest BCUT2D eigenvalue weighted by molar-refractivity contribution is 0.461. The Morgan fingerprint density at radius 3 is 2.41 bits per heavy atom. The van der Waals surface area contributed by atoms with E-state index in [1.807, 2.05) is 24.3 Å². The fourth-order valence-corrected chi connectivity index (χ4v) is 1.45. The minimum Gasteiger partial charge on any atom is -0.437 e. The molecule has 1 aromatic carbocycles. The number of rotatable bonds is 3. The smallest absolute Gasteiger partial charge is 0.239 e. The van der Waals surface area contributed by atoms with Crippen LogP contribution in [0.3, 0.4) is 0 Å². The molecule has 0 spiro atoms. The van der Waals surface area contributed by atoms with Crippen LogP contribution in [0.1, 0.15) is 25.3 Å². The quantitative estimate of drug-likeness (QED) is 0.878. The Morgan fingerprint density at radius 1 is 1.12 bits per heavy atom. The van der Waals surface area contributed by atoms with Gasteiger partial charge in [0.05, 0.1) is 12.4 Å². The molecule has 2 N–H and O–H groups in total. The van der Waals surface area contributed by atoms with Gasteiger partial charge in [0.25, 0.3) is 0 Å². The summed E-state index contributed by atoms with van der Waals surface area (Å²) in [4.78, 5) is 7.93. The third-order valence-electron chi connectivity index (χ3n) is 2.40. The van der Waals surface area contributed by atoms with Gasteiger partial charge in [0.1, 0.15) is 11.6 Å². The van der Waals surface area contributed by atoms with Crippen LogP contribution < -0.4 is 10.5 Å². The largest absolute Gasteiger partial charge is 0.437 e. The Bertz CT molecular complexity index is 494. The van der Waals surface area contributed by atoms with Crippen molar-refractivity contribution in [3.63, 3.8) is 0 Å². The molecule has 0 fully saturated rings. The molecule has 2 aromatic rings.